The zero-order valence-electron chi connectivity index (χ0n) is 12.2. The summed E-state index contributed by atoms with van der Waals surface area (Å²) in [4.78, 5) is 0. The Bertz CT molecular complexity index is 628. The van der Waals surface area contributed by atoms with Gasteiger partial charge in [0.15, 0.2) is 11.6 Å². The first-order valence-electron chi connectivity index (χ1n) is 6.82. The van der Waals surface area contributed by atoms with E-state index < -0.39 is 11.6 Å². The molecule has 1 atom stereocenters. The van der Waals surface area contributed by atoms with Crippen molar-refractivity contribution in [3.63, 3.8) is 0 Å². The highest BCUT2D eigenvalue weighted by atomic mass is 19.2. The first kappa shape index (κ1) is 15.4. The van der Waals surface area contributed by atoms with E-state index in [0.29, 0.717) is 18.4 Å². The molecule has 0 aliphatic heterocycles. The van der Waals surface area contributed by atoms with Gasteiger partial charge in [-0.25, -0.2) is 8.78 Å². The van der Waals surface area contributed by atoms with Gasteiger partial charge < -0.3 is 10.5 Å². The molecule has 0 bridgehead atoms. The van der Waals surface area contributed by atoms with E-state index >= 15 is 0 Å². The minimum atomic E-state index is -0.840. The van der Waals surface area contributed by atoms with Crippen LogP contribution in [-0.4, -0.2) is 13.2 Å². The summed E-state index contributed by atoms with van der Waals surface area (Å²) in [5.41, 5.74) is 8.97. The van der Waals surface area contributed by atoms with Gasteiger partial charge in [-0.15, -0.1) is 0 Å². The van der Waals surface area contributed by atoms with Gasteiger partial charge in [0.1, 0.15) is 5.75 Å². The molecule has 21 heavy (non-hydrogen) atoms. The van der Waals surface area contributed by atoms with E-state index in [4.69, 9.17) is 10.5 Å². The Balaban J connectivity index is 2.09. The highest BCUT2D eigenvalue weighted by molar-refractivity contribution is 5.37. The molecule has 0 saturated carbocycles. The lowest BCUT2D eigenvalue weighted by atomic mass is 9.98. The molecule has 0 amide bonds. The van der Waals surface area contributed by atoms with E-state index in [1.54, 1.807) is 13.2 Å². The van der Waals surface area contributed by atoms with Gasteiger partial charge in [-0.3, -0.25) is 0 Å². The van der Waals surface area contributed by atoms with E-state index in [0.717, 1.165) is 22.9 Å². The predicted molar refractivity (Wildman–Crippen MR) is 79.5 cm³/mol. The summed E-state index contributed by atoms with van der Waals surface area (Å²) in [6.45, 7) is 2.00. The van der Waals surface area contributed by atoms with Crippen LogP contribution in [0, 0.1) is 18.6 Å². The van der Waals surface area contributed by atoms with Gasteiger partial charge >= 0.3 is 0 Å². The van der Waals surface area contributed by atoms with Crippen LogP contribution in [0.3, 0.4) is 0 Å². The molecule has 112 valence electrons. The Kier molecular flexibility index (Phi) is 4.91. The van der Waals surface area contributed by atoms with Crippen LogP contribution in [0.1, 0.15) is 16.7 Å². The van der Waals surface area contributed by atoms with Crippen molar-refractivity contribution in [2.24, 2.45) is 5.73 Å². The Hall–Kier alpha value is -1.94. The fourth-order valence-corrected chi connectivity index (χ4v) is 2.39. The molecule has 0 aromatic heterocycles. The van der Waals surface area contributed by atoms with Crippen molar-refractivity contribution in [1.82, 2.24) is 0 Å². The van der Waals surface area contributed by atoms with Gasteiger partial charge in [0, 0.05) is 6.04 Å². The van der Waals surface area contributed by atoms with Crippen LogP contribution in [0.25, 0.3) is 0 Å². The predicted octanol–water partition coefficient (Wildman–Crippen LogP) is 3.39. The number of ether oxygens (including phenoxy) is 1. The van der Waals surface area contributed by atoms with Crippen molar-refractivity contribution in [3.8, 4) is 5.75 Å². The first-order chi connectivity index (χ1) is 9.99. The number of nitrogens with two attached hydrogens (primary N) is 1. The average Bonchev–Trinajstić information content (AvgIpc) is 2.43. The molecule has 0 spiro atoms. The quantitative estimate of drug-likeness (QED) is 0.916. The molecule has 2 aromatic rings. The molecule has 0 saturated heterocycles. The fourth-order valence-electron chi connectivity index (χ4n) is 2.39. The van der Waals surface area contributed by atoms with Gasteiger partial charge in [-0.05, 0) is 49.1 Å². The van der Waals surface area contributed by atoms with Crippen molar-refractivity contribution in [2.45, 2.75) is 25.8 Å². The van der Waals surface area contributed by atoms with E-state index in [1.165, 1.54) is 6.07 Å². The largest absolute Gasteiger partial charge is 0.496 e. The molecule has 0 aliphatic rings. The van der Waals surface area contributed by atoms with Gasteiger partial charge in [0.05, 0.1) is 7.11 Å². The summed E-state index contributed by atoms with van der Waals surface area (Å²) in [6, 6.07) is 9.62. The van der Waals surface area contributed by atoms with Crippen molar-refractivity contribution in [1.29, 1.82) is 0 Å². The Morgan fingerprint density at radius 3 is 2.48 bits per heavy atom. The van der Waals surface area contributed by atoms with E-state index in [-0.39, 0.29) is 6.04 Å². The maximum atomic E-state index is 13.2. The number of methoxy groups -OCH3 is 1. The molecule has 2 aromatic carbocycles. The lowest BCUT2D eigenvalue weighted by Crippen LogP contribution is -2.25. The van der Waals surface area contributed by atoms with Crippen LogP contribution in [0.15, 0.2) is 36.4 Å². The van der Waals surface area contributed by atoms with Crippen LogP contribution >= 0.6 is 0 Å². The van der Waals surface area contributed by atoms with E-state index in [1.807, 2.05) is 25.1 Å². The third kappa shape index (κ3) is 4.02. The molecule has 0 radical (unpaired) electrons. The maximum Gasteiger partial charge on any atom is 0.159 e. The van der Waals surface area contributed by atoms with Gasteiger partial charge in [-0.2, -0.15) is 0 Å². The van der Waals surface area contributed by atoms with Crippen LogP contribution in [0.2, 0.25) is 0 Å². The molecule has 4 heteroatoms. The molecule has 1 unspecified atom stereocenters. The lowest BCUT2D eigenvalue weighted by molar-refractivity contribution is 0.407. The van der Waals surface area contributed by atoms with Crippen LogP contribution in [0.5, 0.6) is 5.75 Å². The Morgan fingerprint density at radius 1 is 1.05 bits per heavy atom. The lowest BCUT2D eigenvalue weighted by Gasteiger charge is -2.15. The molecule has 0 aliphatic carbocycles. The number of aryl methyl sites for hydroxylation is 1. The summed E-state index contributed by atoms with van der Waals surface area (Å²) in [6.07, 6.45) is 1.10. The molecular weight excluding hydrogens is 272 g/mol. The number of halogens is 2. The SMILES string of the molecule is COc1ccc(C)cc1CC(N)Cc1ccc(F)c(F)c1. The van der Waals surface area contributed by atoms with Crippen molar-refractivity contribution in [2.75, 3.05) is 7.11 Å². The van der Waals surface area contributed by atoms with Crippen LogP contribution in [0.4, 0.5) is 8.78 Å². The number of rotatable bonds is 5. The first-order valence-corrected chi connectivity index (χ1v) is 6.82. The summed E-state index contributed by atoms with van der Waals surface area (Å²) in [5.74, 6) is -0.887. The minimum Gasteiger partial charge on any atom is -0.496 e. The molecule has 2 N–H and O–H groups in total. The fraction of sp³-hybridized carbons (Fsp3) is 0.294. The molecule has 2 rings (SSSR count). The topological polar surface area (TPSA) is 35.2 Å². The molecular formula is C17H19F2NO. The molecule has 0 heterocycles. The highest BCUT2D eigenvalue weighted by Gasteiger charge is 2.11. The number of benzene rings is 2. The normalized spacial score (nSPS) is 12.2. The summed E-state index contributed by atoms with van der Waals surface area (Å²) < 4.78 is 31.4. The Labute approximate surface area is 123 Å². The third-order valence-corrected chi connectivity index (χ3v) is 3.40. The second-order valence-corrected chi connectivity index (χ2v) is 5.23. The Morgan fingerprint density at radius 2 is 1.81 bits per heavy atom. The summed E-state index contributed by atoms with van der Waals surface area (Å²) in [5, 5.41) is 0. The number of hydrogen-bond acceptors (Lipinski definition) is 2. The third-order valence-electron chi connectivity index (χ3n) is 3.40. The van der Waals surface area contributed by atoms with Gasteiger partial charge in [-0.1, -0.05) is 23.8 Å². The second kappa shape index (κ2) is 6.68. The zero-order chi connectivity index (χ0) is 15.4. The van der Waals surface area contributed by atoms with Gasteiger partial charge in [0.2, 0.25) is 0 Å². The van der Waals surface area contributed by atoms with E-state index in [2.05, 4.69) is 0 Å². The van der Waals surface area contributed by atoms with Crippen molar-refractivity contribution >= 4 is 0 Å². The van der Waals surface area contributed by atoms with Gasteiger partial charge in [0.25, 0.3) is 0 Å². The average molecular weight is 291 g/mol. The minimum absolute atomic E-state index is 0.189. The highest BCUT2D eigenvalue weighted by Crippen LogP contribution is 2.22. The van der Waals surface area contributed by atoms with Crippen molar-refractivity contribution < 1.29 is 13.5 Å². The monoisotopic (exact) mass is 291 g/mol. The van der Waals surface area contributed by atoms with Crippen LogP contribution < -0.4 is 10.5 Å². The second-order valence-electron chi connectivity index (χ2n) is 5.23. The molecule has 2 nitrogen and oxygen atoms in total. The number of hydrogen-bond donors (Lipinski definition) is 1. The van der Waals surface area contributed by atoms with Crippen molar-refractivity contribution in [3.05, 3.63) is 64.7 Å². The standard InChI is InChI=1S/C17H19F2NO/c1-11-3-6-17(21-2)13(7-11)10-14(20)8-12-4-5-15(18)16(19)9-12/h3-7,9,14H,8,10,20H2,1-2H3. The summed E-state index contributed by atoms with van der Waals surface area (Å²) in [7, 11) is 1.62. The maximum absolute atomic E-state index is 13.2. The smallest absolute Gasteiger partial charge is 0.159 e. The van der Waals surface area contributed by atoms with Crippen LogP contribution in [-0.2, 0) is 12.8 Å². The zero-order valence-corrected chi connectivity index (χ0v) is 12.2. The molecule has 0 fully saturated rings. The van der Waals surface area contributed by atoms with E-state index in [9.17, 15) is 8.78 Å². The summed E-state index contributed by atoms with van der Waals surface area (Å²) >= 11 is 0.